The summed E-state index contributed by atoms with van der Waals surface area (Å²) in [5, 5.41) is 16.1. The first-order chi connectivity index (χ1) is 12.3. The lowest BCUT2D eigenvalue weighted by Crippen LogP contribution is -2.35. The van der Waals surface area contributed by atoms with Crippen LogP contribution >= 0.6 is 0 Å². The van der Waals surface area contributed by atoms with E-state index in [2.05, 4.69) is 30.2 Å². The van der Waals surface area contributed by atoms with Gasteiger partial charge in [0.25, 0.3) is 5.91 Å². The van der Waals surface area contributed by atoms with E-state index in [1.807, 2.05) is 0 Å². The van der Waals surface area contributed by atoms with Gasteiger partial charge in [-0.1, -0.05) is 0 Å². The molecule has 1 atom stereocenters. The molecule has 1 saturated carbocycles. The zero-order valence-corrected chi connectivity index (χ0v) is 13.8. The molecule has 128 valence electrons. The smallest absolute Gasteiger partial charge is 0.256 e. The minimum absolute atomic E-state index is 0.112. The third kappa shape index (κ3) is 2.57. The Morgan fingerprint density at radius 3 is 3.00 bits per heavy atom. The third-order valence-corrected chi connectivity index (χ3v) is 5.08. The zero-order valence-electron chi connectivity index (χ0n) is 13.8. The maximum Gasteiger partial charge on any atom is 0.256 e. The number of hydrogen-bond donors (Lipinski definition) is 1. The minimum Gasteiger partial charge on any atom is -0.349 e. The topological polar surface area (TPSA) is 90.0 Å². The van der Waals surface area contributed by atoms with Crippen molar-refractivity contribution in [2.24, 2.45) is 0 Å². The Morgan fingerprint density at radius 2 is 2.12 bits per heavy atom. The molecule has 4 heterocycles. The summed E-state index contributed by atoms with van der Waals surface area (Å²) < 4.78 is 3.88. The molecule has 25 heavy (non-hydrogen) atoms. The van der Waals surface area contributed by atoms with Crippen molar-refractivity contribution in [3.8, 4) is 0 Å². The van der Waals surface area contributed by atoms with Crippen LogP contribution in [-0.2, 0) is 13.0 Å². The molecule has 5 rings (SSSR count). The number of fused-ring (bicyclic) bond motifs is 2. The monoisotopic (exact) mass is 337 g/mol. The average molecular weight is 337 g/mol. The molecule has 1 fully saturated rings. The van der Waals surface area contributed by atoms with Gasteiger partial charge in [0.15, 0.2) is 5.65 Å². The molecule has 1 amide bonds. The Balaban J connectivity index is 1.31. The molecule has 3 aromatic heterocycles. The fourth-order valence-corrected chi connectivity index (χ4v) is 3.55. The summed E-state index contributed by atoms with van der Waals surface area (Å²) in [5.74, 6) is 2.67. The van der Waals surface area contributed by atoms with E-state index in [0.29, 0.717) is 17.1 Å². The van der Waals surface area contributed by atoms with Crippen molar-refractivity contribution in [3.05, 3.63) is 41.9 Å². The van der Waals surface area contributed by atoms with Crippen LogP contribution in [0.25, 0.3) is 5.65 Å². The zero-order chi connectivity index (χ0) is 16.8. The number of aryl methyl sites for hydroxylation is 1. The van der Waals surface area contributed by atoms with Crippen LogP contribution in [0.4, 0.5) is 0 Å². The molecule has 0 spiro atoms. The maximum atomic E-state index is 12.7. The van der Waals surface area contributed by atoms with Crippen molar-refractivity contribution < 1.29 is 4.79 Å². The molecule has 1 unspecified atom stereocenters. The second-order valence-corrected chi connectivity index (χ2v) is 6.84. The van der Waals surface area contributed by atoms with Gasteiger partial charge in [0, 0.05) is 37.3 Å². The second kappa shape index (κ2) is 5.65. The van der Waals surface area contributed by atoms with Crippen LogP contribution < -0.4 is 5.32 Å². The lowest BCUT2D eigenvalue weighted by Gasteiger charge is -2.15. The molecule has 0 aromatic carbocycles. The highest BCUT2D eigenvalue weighted by molar-refractivity contribution is 5.99. The summed E-state index contributed by atoms with van der Waals surface area (Å²) in [6.45, 7) is 0.867. The number of carbonyl (C=O) groups excluding carboxylic acids is 1. The lowest BCUT2D eigenvalue weighted by atomic mass is 10.1. The number of amides is 1. The standard InChI is InChI=1S/C17H19N7O/c25-17(13-10-19-24-8-1-7-18-16(13)24)20-12-4-5-14-21-22-15(11-2-3-11)23(14)9-6-12/h1,7-8,10-12H,2-6,9H2,(H,20,25). The summed E-state index contributed by atoms with van der Waals surface area (Å²) in [4.78, 5) is 16.9. The van der Waals surface area contributed by atoms with E-state index < -0.39 is 0 Å². The molecule has 0 bridgehead atoms. The van der Waals surface area contributed by atoms with Crippen LogP contribution in [0, 0.1) is 0 Å². The van der Waals surface area contributed by atoms with Gasteiger partial charge in [-0.2, -0.15) is 5.10 Å². The van der Waals surface area contributed by atoms with Crippen LogP contribution in [0.3, 0.4) is 0 Å². The van der Waals surface area contributed by atoms with Crippen LogP contribution in [0.15, 0.2) is 24.7 Å². The first-order valence-corrected chi connectivity index (χ1v) is 8.81. The van der Waals surface area contributed by atoms with Gasteiger partial charge in [-0.15, -0.1) is 10.2 Å². The van der Waals surface area contributed by atoms with Gasteiger partial charge in [-0.05, 0) is 31.7 Å². The first-order valence-electron chi connectivity index (χ1n) is 8.81. The van der Waals surface area contributed by atoms with E-state index >= 15 is 0 Å². The summed E-state index contributed by atoms with van der Waals surface area (Å²) in [6, 6.07) is 1.92. The number of carbonyl (C=O) groups is 1. The van der Waals surface area contributed by atoms with Crippen LogP contribution in [0.1, 0.15) is 53.6 Å². The van der Waals surface area contributed by atoms with Crippen LogP contribution in [0.5, 0.6) is 0 Å². The molecule has 2 aliphatic rings. The third-order valence-electron chi connectivity index (χ3n) is 5.08. The predicted octanol–water partition coefficient (Wildman–Crippen LogP) is 1.33. The van der Waals surface area contributed by atoms with E-state index in [4.69, 9.17) is 0 Å². The van der Waals surface area contributed by atoms with E-state index in [9.17, 15) is 4.79 Å². The summed E-state index contributed by atoms with van der Waals surface area (Å²) in [5.41, 5.74) is 1.10. The molecule has 1 aliphatic heterocycles. The SMILES string of the molecule is O=C(NC1CCc2nnc(C3CC3)n2CC1)c1cnn2cccnc12. The highest BCUT2D eigenvalue weighted by atomic mass is 16.1. The van der Waals surface area contributed by atoms with Gasteiger partial charge >= 0.3 is 0 Å². The van der Waals surface area contributed by atoms with Gasteiger partial charge in [0.05, 0.1) is 6.20 Å². The molecule has 1 N–H and O–H groups in total. The van der Waals surface area contributed by atoms with Gasteiger partial charge in [0.2, 0.25) is 0 Å². The molecule has 1 aliphatic carbocycles. The summed E-state index contributed by atoms with van der Waals surface area (Å²) in [7, 11) is 0. The first kappa shape index (κ1) is 14.6. The minimum atomic E-state index is -0.112. The van der Waals surface area contributed by atoms with Gasteiger partial charge in [-0.3, -0.25) is 4.79 Å². The van der Waals surface area contributed by atoms with Gasteiger partial charge < -0.3 is 9.88 Å². The van der Waals surface area contributed by atoms with Crippen LogP contribution in [0.2, 0.25) is 0 Å². The number of hydrogen-bond acceptors (Lipinski definition) is 5. The van der Waals surface area contributed by atoms with Gasteiger partial charge in [-0.25, -0.2) is 9.50 Å². The number of nitrogens with one attached hydrogen (secondary N) is 1. The average Bonchev–Trinajstić information content (AvgIpc) is 3.30. The Bertz CT molecular complexity index is 940. The van der Waals surface area contributed by atoms with Crippen molar-refractivity contribution in [2.75, 3.05) is 0 Å². The van der Waals surface area contributed by atoms with Crippen molar-refractivity contribution in [3.63, 3.8) is 0 Å². The van der Waals surface area contributed by atoms with Crippen molar-refractivity contribution in [1.82, 2.24) is 34.7 Å². The number of rotatable bonds is 3. The van der Waals surface area contributed by atoms with Crippen molar-refractivity contribution in [1.29, 1.82) is 0 Å². The molecule has 0 radical (unpaired) electrons. The summed E-state index contributed by atoms with van der Waals surface area (Å²) >= 11 is 0. The highest BCUT2D eigenvalue weighted by Gasteiger charge is 2.31. The second-order valence-electron chi connectivity index (χ2n) is 6.84. The summed E-state index contributed by atoms with van der Waals surface area (Å²) in [6.07, 6.45) is 10.1. The number of nitrogens with zero attached hydrogens (tertiary/aromatic N) is 6. The van der Waals surface area contributed by atoms with E-state index in [0.717, 1.165) is 37.5 Å². The lowest BCUT2D eigenvalue weighted by molar-refractivity contribution is 0.0934. The van der Waals surface area contributed by atoms with E-state index in [-0.39, 0.29) is 11.9 Å². The Hall–Kier alpha value is -2.77. The fraction of sp³-hybridized carbons (Fsp3) is 0.471. The number of aromatic nitrogens is 6. The van der Waals surface area contributed by atoms with Crippen molar-refractivity contribution >= 4 is 11.6 Å². The quantitative estimate of drug-likeness (QED) is 0.779. The molecular weight excluding hydrogens is 318 g/mol. The predicted molar refractivity (Wildman–Crippen MR) is 89.2 cm³/mol. The highest BCUT2D eigenvalue weighted by Crippen LogP contribution is 2.39. The normalized spacial score (nSPS) is 20.2. The largest absolute Gasteiger partial charge is 0.349 e. The Labute approximate surface area is 144 Å². The maximum absolute atomic E-state index is 12.7. The molecule has 8 heteroatoms. The Morgan fingerprint density at radius 1 is 1.20 bits per heavy atom. The van der Waals surface area contributed by atoms with Gasteiger partial charge in [0.1, 0.15) is 17.2 Å². The Kier molecular flexibility index (Phi) is 3.29. The van der Waals surface area contributed by atoms with Crippen molar-refractivity contribution in [2.45, 2.75) is 50.6 Å². The van der Waals surface area contributed by atoms with E-state index in [1.165, 1.54) is 12.8 Å². The molecule has 0 saturated heterocycles. The molecule has 8 nitrogen and oxygen atoms in total. The van der Waals surface area contributed by atoms with Crippen LogP contribution in [-0.4, -0.2) is 41.3 Å². The van der Waals surface area contributed by atoms with E-state index in [1.54, 1.807) is 29.2 Å². The molecular formula is C17H19N7O. The fourth-order valence-electron chi connectivity index (χ4n) is 3.55. The molecule has 3 aromatic rings.